The molecule has 1 unspecified atom stereocenters. The molecule has 1 atom stereocenters. The highest BCUT2D eigenvalue weighted by Gasteiger charge is 2.42. The summed E-state index contributed by atoms with van der Waals surface area (Å²) in [5, 5.41) is 0.707. The van der Waals surface area contributed by atoms with Gasteiger partial charge in [0.05, 0.1) is 6.61 Å². The van der Waals surface area contributed by atoms with Gasteiger partial charge in [0.15, 0.2) is 0 Å². The molecule has 3 rings (SSSR count). The summed E-state index contributed by atoms with van der Waals surface area (Å²) in [4.78, 5) is 11.0. The Morgan fingerprint density at radius 2 is 1.89 bits per heavy atom. The van der Waals surface area contributed by atoms with Crippen molar-refractivity contribution in [3.8, 4) is 0 Å². The quantitative estimate of drug-likeness (QED) is 0.767. The lowest BCUT2D eigenvalue weighted by Gasteiger charge is -2.36. The minimum atomic E-state index is -0.503. The SMILES string of the molecule is C=C(c1ccc(Cl)cc1)C1COC2(CCCC2)OO1. The maximum absolute atomic E-state index is 5.87. The fraction of sp³-hybridized carbons (Fsp3) is 0.467. The van der Waals surface area contributed by atoms with E-state index in [4.69, 9.17) is 26.1 Å². The monoisotopic (exact) mass is 280 g/mol. The molecule has 1 heterocycles. The van der Waals surface area contributed by atoms with Gasteiger partial charge in [-0.15, -0.1) is 0 Å². The summed E-state index contributed by atoms with van der Waals surface area (Å²) in [6.07, 6.45) is 3.82. The number of hydrogen-bond acceptors (Lipinski definition) is 3. The summed E-state index contributed by atoms with van der Waals surface area (Å²) < 4.78 is 5.87. The highest BCUT2D eigenvalue weighted by atomic mass is 35.5. The van der Waals surface area contributed by atoms with Crippen molar-refractivity contribution >= 4 is 17.2 Å². The van der Waals surface area contributed by atoms with E-state index in [1.807, 2.05) is 24.3 Å². The van der Waals surface area contributed by atoms with Gasteiger partial charge in [0, 0.05) is 17.9 Å². The molecule has 3 nitrogen and oxygen atoms in total. The summed E-state index contributed by atoms with van der Waals surface area (Å²) in [5.41, 5.74) is 1.84. The topological polar surface area (TPSA) is 27.7 Å². The maximum atomic E-state index is 5.87. The van der Waals surface area contributed by atoms with Crippen LogP contribution in [0.25, 0.3) is 5.57 Å². The van der Waals surface area contributed by atoms with Crippen LogP contribution in [0, 0.1) is 0 Å². The van der Waals surface area contributed by atoms with E-state index in [1.54, 1.807) is 0 Å². The van der Waals surface area contributed by atoms with Crippen molar-refractivity contribution < 1.29 is 14.5 Å². The number of benzene rings is 1. The summed E-state index contributed by atoms with van der Waals surface area (Å²) in [6, 6.07) is 7.53. The molecule has 1 aromatic rings. The third kappa shape index (κ3) is 2.70. The lowest BCUT2D eigenvalue weighted by atomic mass is 10.0. The molecule has 2 aliphatic rings. The molecule has 1 aliphatic carbocycles. The van der Waals surface area contributed by atoms with E-state index in [1.165, 1.54) is 0 Å². The van der Waals surface area contributed by atoms with Crippen molar-refractivity contribution in [2.24, 2.45) is 0 Å². The zero-order valence-corrected chi connectivity index (χ0v) is 11.5. The first-order valence-electron chi connectivity index (χ1n) is 6.62. The number of rotatable bonds is 2. The Hall–Kier alpha value is -0.870. The molecule has 0 amide bonds. The molecule has 0 N–H and O–H groups in total. The van der Waals surface area contributed by atoms with Crippen LogP contribution in [0.1, 0.15) is 31.2 Å². The first-order chi connectivity index (χ1) is 9.19. The van der Waals surface area contributed by atoms with Crippen LogP contribution in [-0.4, -0.2) is 18.5 Å². The smallest absolute Gasteiger partial charge is 0.201 e. The Morgan fingerprint density at radius 1 is 1.21 bits per heavy atom. The van der Waals surface area contributed by atoms with E-state index in [2.05, 4.69) is 6.58 Å². The van der Waals surface area contributed by atoms with Crippen molar-refractivity contribution in [1.29, 1.82) is 0 Å². The van der Waals surface area contributed by atoms with Crippen LogP contribution in [0.4, 0.5) is 0 Å². The molecule has 1 saturated carbocycles. The minimum Gasteiger partial charge on any atom is -0.344 e. The summed E-state index contributed by atoms with van der Waals surface area (Å²) >= 11 is 5.87. The molecule has 2 fully saturated rings. The molecular formula is C15H17ClO3. The molecule has 1 aromatic carbocycles. The number of ether oxygens (including phenoxy) is 1. The van der Waals surface area contributed by atoms with E-state index in [9.17, 15) is 0 Å². The Labute approximate surface area is 118 Å². The summed E-state index contributed by atoms with van der Waals surface area (Å²) in [6.45, 7) is 4.55. The van der Waals surface area contributed by atoms with Crippen LogP contribution in [0.2, 0.25) is 5.02 Å². The Kier molecular flexibility index (Phi) is 3.63. The van der Waals surface area contributed by atoms with Crippen molar-refractivity contribution in [2.75, 3.05) is 6.61 Å². The Morgan fingerprint density at radius 3 is 2.47 bits per heavy atom. The van der Waals surface area contributed by atoms with Crippen molar-refractivity contribution in [2.45, 2.75) is 37.6 Å². The Balaban J connectivity index is 1.64. The Bertz CT molecular complexity index is 453. The molecule has 0 bridgehead atoms. The van der Waals surface area contributed by atoms with E-state index in [-0.39, 0.29) is 6.10 Å². The van der Waals surface area contributed by atoms with Gasteiger partial charge < -0.3 is 4.74 Å². The van der Waals surface area contributed by atoms with E-state index < -0.39 is 5.79 Å². The normalized spacial score (nSPS) is 25.6. The van der Waals surface area contributed by atoms with Crippen LogP contribution < -0.4 is 0 Å². The predicted octanol–water partition coefficient (Wildman–Crippen LogP) is 3.97. The van der Waals surface area contributed by atoms with Gasteiger partial charge >= 0.3 is 0 Å². The first-order valence-corrected chi connectivity index (χ1v) is 7.00. The van der Waals surface area contributed by atoms with Gasteiger partial charge in [-0.3, -0.25) is 0 Å². The van der Waals surface area contributed by atoms with Gasteiger partial charge in [0.1, 0.15) is 6.10 Å². The molecule has 102 valence electrons. The van der Waals surface area contributed by atoms with Gasteiger partial charge in [0.25, 0.3) is 0 Å². The van der Waals surface area contributed by atoms with Crippen molar-refractivity contribution in [1.82, 2.24) is 0 Å². The van der Waals surface area contributed by atoms with E-state index >= 15 is 0 Å². The highest BCUT2D eigenvalue weighted by Crippen LogP contribution is 2.38. The molecular weight excluding hydrogens is 264 g/mol. The fourth-order valence-electron chi connectivity index (χ4n) is 2.58. The molecule has 1 saturated heterocycles. The van der Waals surface area contributed by atoms with E-state index in [0.717, 1.165) is 36.8 Å². The zero-order valence-electron chi connectivity index (χ0n) is 10.7. The fourth-order valence-corrected chi connectivity index (χ4v) is 2.70. The average Bonchev–Trinajstić information content (AvgIpc) is 2.88. The van der Waals surface area contributed by atoms with Gasteiger partial charge in [-0.2, -0.15) is 0 Å². The summed E-state index contributed by atoms with van der Waals surface area (Å²) in [5.74, 6) is -0.503. The van der Waals surface area contributed by atoms with Crippen LogP contribution in [0.15, 0.2) is 30.8 Å². The second-order valence-corrected chi connectivity index (χ2v) is 5.57. The van der Waals surface area contributed by atoms with Crippen LogP contribution in [0.5, 0.6) is 0 Å². The van der Waals surface area contributed by atoms with Gasteiger partial charge in [-0.25, -0.2) is 9.78 Å². The first kappa shape index (κ1) is 13.1. The predicted molar refractivity (Wildman–Crippen MR) is 73.6 cm³/mol. The maximum Gasteiger partial charge on any atom is 0.201 e. The van der Waals surface area contributed by atoms with Crippen LogP contribution in [-0.2, 0) is 14.5 Å². The summed E-state index contributed by atoms with van der Waals surface area (Å²) in [7, 11) is 0. The zero-order chi connectivity index (χ0) is 13.3. The van der Waals surface area contributed by atoms with E-state index in [0.29, 0.717) is 11.6 Å². The third-order valence-corrected chi connectivity index (χ3v) is 4.03. The molecule has 1 aliphatic heterocycles. The van der Waals surface area contributed by atoms with Crippen molar-refractivity contribution in [3.63, 3.8) is 0 Å². The molecule has 19 heavy (non-hydrogen) atoms. The number of halogens is 1. The van der Waals surface area contributed by atoms with Gasteiger partial charge in [-0.05, 0) is 36.1 Å². The molecule has 0 aromatic heterocycles. The van der Waals surface area contributed by atoms with Crippen LogP contribution in [0.3, 0.4) is 0 Å². The highest BCUT2D eigenvalue weighted by molar-refractivity contribution is 6.30. The van der Waals surface area contributed by atoms with Gasteiger partial charge in [0.2, 0.25) is 5.79 Å². The lowest BCUT2D eigenvalue weighted by Crippen LogP contribution is -2.43. The molecule has 0 radical (unpaired) electrons. The largest absolute Gasteiger partial charge is 0.344 e. The van der Waals surface area contributed by atoms with Crippen LogP contribution >= 0.6 is 11.6 Å². The third-order valence-electron chi connectivity index (χ3n) is 3.78. The second-order valence-electron chi connectivity index (χ2n) is 5.13. The molecule has 4 heteroatoms. The average molecular weight is 281 g/mol. The standard InChI is InChI=1S/C15H17ClO3/c1-11(12-4-6-13(16)7-5-12)14-10-17-15(19-18-14)8-2-3-9-15/h4-7,14H,1-3,8-10H2. The lowest BCUT2D eigenvalue weighted by molar-refractivity contribution is -0.475. The molecule has 1 spiro atoms. The number of hydrogen-bond donors (Lipinski definition) is 0. The van der Waals surface area contributed by atoms with Crippen molar-refractivity contribution in [3.05, 3.63) is 41.4 Å². The second kappa shape index (κ2) is 5.25. The van der Waals surface area contributed by atoms with Gasteiger partial charge in [-0.1, -0.05) is 30.3 Å². The minimum absolute atomic E-state index is 0.257.